The first-order valence-electron chi connectivity index (χ1n) is 6.01. The first-order chi connectivity index (χ1) is 9.36. The minimum absolute atomic E-state index is 0.0612. The number of carbonyl (C=O) groups is 1. The van der Waals surface area contributed by atoms with Crippen LogP contribution in [0.25, 0.3) is 0 Å². The van der Waals surface area contributed by atoms with Crippen molar-refractivity contribution in [1.82, 2.24) is 0 Å². The van der Waals surface area contributed by atoms with Crippen LogP contribution in [0.15, 0.2) is 30.3 Å². The van der Waals surface area contributed by atoms with Crippen LogP contribution >= 0.6 is 0 Å². The van der Waals surface area contributed by atoms with E-state index in [9.17, 15) is 13.6 Å². The van der Waals surface area contributed by atoms with Crippen molar-refractivity contribution in [2.45, 2.75) is 13.8 Å². The van der Waals surface area contributed by atoms with E-state index >= 15 is 0 Å². The van der Waals surface area contributed by atoms with Crippen molar-refractivity contribution in [2.75, 3.05) is 11.1 Å². The molecular weight excluding hydrogens is 262 g/mol. The SMILES string of the molecule is Cc1cc(C)c(C(=O)Nc2cc(F)cc(F)c2)cc1N. The molecule has 0 aliphatic rings. The van der Waals surface area contributed by atoms with Gasteiger partial charge in [0.15, 0.2) is 0 Å². The Morgan fingerprint density at radius 2 is 1.60 bits per heavy atom. The van der Waals surface area contributed by atoms with E-state index in [0.29, 0.717) is 11.3 Å². The molecule has 0 saturated carbocycles. The van der Waals surface area contributed by atoms with Gasteiger partial charge in [-0.15, -0.1) is 0 Å². The van der Waals surface area contributed by atoms with Crippen molar-refractivity contribution in [1.29, 1.82) is 0 Å². The van der Waals surface area contributed by atoms with Gasteiger partial charge in [0, 0.05) is 23.0 Å². The van der Waals surface area contributed by atoms with Gasteiger partial charge in [-0.05, 0) is 43.2 Å². The molecular formula is C15H14F2N2O. The number of hydrogen-bond donors (Lipinski definition) is 2. The largest absolute Gasteiger partial charge is 0.398 e. The maximum atomic E-state index is 13.1. The number of halogens is 2. The topological polar surface area (TPSA) is 55.1 Å². The number of rotatable bonds is 2. The molecule has 5 heteroatoms. The normalized spacial score (nSPS) is 10.4. The zero-order valence-electron chi connectivity index (χ0n) is 11.1. The molecule has 3 nitrogen and oxygen atoms in total. The molecule has 0 aliphatic carbocycles. The molecule has 0 aromatic heterocycles. The van der Waals surface area contributed by atoms with Crippen LogP contribution in [0.1, 0.15) is 21.5 Å². The van der Waals surface area contributed by atoms with Gasteiger partial charge < -0.3 is 11.1 Å². The van der Waals surface area contributed by atoms with Crippen LogP contribution in [0.4, 0.5) is 20.2 Å². The van der Waals surface area contributed by atoms with E-state index in [0.717, 1.165) is 29.3 Å². The Morgan fingerprint density at radius 3 is 2.20 bits per heavy atom. The van der Waals surface area contributed by atoms with Crippen molar-refractivity contribution in [3.05, 3.63) is 58.7 Å². The van der Waals surface area contributed by atoms with Crippen molar-refractivity contribution in [2.24, 2.45) is 0 Å². The fourth-order valence-corrected chi connectivity index (χ4v) is 1.94. The summed E-state index contributed by atoms with van der Waals surface area (Å²) in [6.45, 7) is 3.61. The lowest BCUT2D eigenvalue weighted by Gasteiger charge is -2.10. The Hall–Kier alpha value is -2.43. The molecule has 0 radical (unpaired) electrons. The van der Waals surface area contributed by atoms with Crippen molar-refractivity contribution >= 4 is 17.3 Å². The molecule has 0 atom stereocenters. The molecule has 0 spiro atoms. The van der Waals surface area contributed by atoms with E-state index in [1.165, 1.54) is 0 Å². The fraction of sp³-hybridized carbons (Fsp3) is 0.133. The average Bonchev–Trinajstić information content (AvgIpc) is 2.32. The van der Waals surface area contributed by atoms with Gasteiger partial charge in [0.2, 0.25) is 0 Å². The second-order valence-corrected chi connectivity index (χ2v) is 4.64. The smallest absolute Gasteiger partial charge is 0.256 e. The Morgan fingerprint density at radius 1 is 1.00 bits per heavy atom. The van der Waals surface area contributed by atoms with E-state index in [-0.39, 0.29) is 5.69 Å². The Bertz CT molecular complexity index is 664. The van der Waals surface area contributed by atoms with E-state index in [1.807, 2.05) is 6.92 Å². The number of benzene rings is 2. The average molecular weight is 276 g/mol. The molecule has 0 fully saturated rings. The van der Waals surface area contributed by atoms with Gasteiger partial charge in [-0.1, -0.05) is 6.07 Å². The maximum Gasteiger partial charge on any atom is 0.256 e. The van der Waals surface area contributed by atoms with Crippen LogP contribution in [0.2, 0.25) is 0 Å². The molecule has 2 aromatic carbocycles. The number of nitrogens with one attached hydrogen (secondary N) is 1. The van der Waals surface area contributed by atoms with E-state index in [1.54, 1.807) is 19.1 Å². The summed E-state index contributed by atoms with van der Waals surface area (Å²) >= 11 is 0. The quantitative estimate of drug-likeness (QED) is 0.826. The summed E-state index contributed by atoms with van der Waals surface area (Å²) in [4.78, 5) is 12.1. The van der Waals surface area contributed by atoms with Gasteiger partial charge in [-0.25, -0.2) is 8.78 Å². The maximum absolute atomic E-state index is 13.1. The molecule has 0 aliphatic heterocycles. The summed E-state index contributed by atoms with van der Waals surface area (Å²) in [6.07, 6.45) is 0. The minimum atomic E-state index is -0.750. The van der Waals surface area contributed by atoms with Gasteiger partial charge in [0.25, 0.3) is 5.91 Å². The summed E-state index contributed by atoms with van der Waals surface area (Å²) < 4.78 is 26.1. The highest BCUT2D eigenvalue weighted by molar-refractivity contribution is 6.05. The Balaban J connectivity index is 2.30. The number of anilines is 2. The van der Waals surface area contributed by atoms with Crippen LogP contribution in [-0.4, -0.2) is 5.91 Å². The van der Waals surface area contributed by atoms with Crippen molar-refractivity contribution < 1.29 is 13.6 Å². The standard InChI is InChI=1S/C15H14F2N2O/c1-8-3-9(2)14(18)7-13(8)15(20)19-12-5-10(16)4-11(17)6-12/h3-7H,18H2,1-2H3,(H,19,20). The van der Waals surface area contributed by atoms with E-state index in [4.69, 9.17) is 5.73 Å². The second kappa shape index (κ2) is 5.28. The molecule has 104 valence electrons. The summed E-state index contributed by atoms with van der Waals surface area (Å²) in [6, 6.07) is 6.18. The van der Waals surface area contributed by atoms with Gasteiger partial charge >= 0.3 is 0 Å². The zero-order valence-corrected chi connectivity index (χ0v) is 11.1. The highest BCUT2D eigenvalue weighted by Gasteiger charge is 2.12. The molecule has 1 amide bonds. The predicted octanol–water partition coefficient (Wildman–Crippen LogP) is 3.42. The summed E-state index contributed by atoms with van der Waals surface area (Å²) in [5.74, 6) is -1.96. The summed E-state index contributed by atoms with van der Waals surface area (Å²) in [5.41, 5.74) is 8.31. The fourth-order valence-electron chi connectivity index (χ4n) is 1.94. The Labute approximate surface area is 115 Å². The molecule has 2 aromatic rings. The molecule has 2 rings (SSSR count). The third-order valence-electron chi connectivity index (χ3n) is 2.98. The Kier molecular flexibility index (Phi) is 3.70. The molecule has 3 N–H and O–H groups in total. The molecule has 0 bridgehead atoms. The highest BCUT2D eigenvalue weighted by atomic mass is 19.1. The first-order valence-corrected chi connectivity index (χ1v) is 6.01. The number of nitrogens with two attached hydrogens (primary N) is 1. The minimum Gasteiger partial charge on any atom is -0.398 e. The van der Waals surface area contributed by atoms with Gasteiger partial charge in [0.1, 0.15) is 11.6 Å². The van der Waals surface area contributed by atoms with E-state index < -0.39 is 17.5 Å². The van der Waals surface area contributed by atoms with Crippen molar-refractivity contribution in [3.8, 4) is 0 Å². The number of nitrogen functional groups attached to an aromatic ring is 1. The third-order valence-corrected chi connectivity index (χ3v) is 2.98. The summed E-state index contributed by atoms with van der Waals surface area (Å²) in [7, 11) is 0. The number of amides is 1. The first kappa shape index (κ1) is 14.0. The van der Waals surface area contributed by atoms with Crippen LogP contribution in [0.3, 0.4) is 0 Å². The molecule has 0 unspecified atom stereocenters. The lowest BCUT2D eigenvalue weighted by Crippen LogP contribution is -2.14. The van der Waals surface area contributed by atoms with E-state index in [2.05, 4.69) is 5.32 Å². The van der Waals surface area contributed by atoms with Crippen LogP contribution in [0.5, 0.6) is 0 Å². The lowest BCUT2D eigenvalue weighted by atomic mass is 10.0. The van der Waals surface area contributed by atoms with Crippen LogP contribution in [0, 0.1) is 25.5 Å². The monoisotopic (exact) mass is 276 g/mol. The van der Waals surface area contributed by atoms with Crippen LogP contribution < -0.4 is 11.1 Å². The highest BCUT2D eigenvalue weighted by Crippen LogP contribution is 2.20. The number of hydrogen-bond acceptors (Lipinski definition) is 2. The third kappa shape index (κ3) is 2.93. The molecule has 20 heavy (non-hydrogen) atoms. The number of aryl methyl sites for hydroxylation is 2. The van der Waals surface area contributed by atoms with Gasteiger partial charge in [0.05, 0.1) is 0 Å². The van der Waals surface area contributed by atoms with Gasteiger partial charge in [-0.2, -0.15) is 0 Å². The number of carbonyl (C=O) groups excluding carboxylic acids is 1. The van der Waals surface area contributed by atoms with Crippen LogP contribution in [-0.2, 0) is 0 Å². The predicted molar refractivity (Wildman–Crippen MR) is 74.6 cm³/mol. The zero-order chi connectivity index (χ0) is 14.9. The lowest BCUT2D eigenvalue weighted by molar-refractivity contribution is 0.102. The van der Waals surface area contributed by atoms with Gasteiger partial charge in [-0.3, -0.25) is 4.79 Å². The molecule has 0 saturated heterocycles. The molecule has 0 heterocycles. The summed E-state index contributed by atoms with van der Waals surface area (Å²) in [5, 5.41) is 2.45. The van der Waals surface area contributed by atoms with Crippen molar-refractivity contribution in [3.63, 3.8) is 0 Å². The second-order valence-electron chi connectivity index (χ2n) is 4.64.